The van der Waals surface area contributed by atoms with E-state index in [1.54, 1.807) is 26.0 Å². The van der Waals surface area contributed by atoms with Crippen LogP contribution in [0.4, 0.5) is 13.2 Å². The van der Waals surface area contributed by atoms with Crippen LogP contribution in [0.5, 0.6) is 0 Å². The maximum absolute atomic E-state index is 13.4. The Bertz CT molecular complexity index is 1170. The van der Waals surface area contributed by atoms with Gasteiger partial charge in [0, 0.05) is 35.3 Å². The zero-order valence-electron chi connectivity index (χ0n) is 17.6. The molecule has 3 rings (SSSR count). The van der Waals surface area contributed by atoms with E-state index >= 15 is 0 Å². The molecule has 0 fully saturated rings. The van der Waals surface area contributed by atoms with Gasteiger partial charge in [0.2, 0.25) is 0 Å². The highest BCUT2D eigenvalue weighted by atomic mass is 19.4. The van der Waals surface area contributed by atoms with Crippen molar-refractivity contribution in [1.29, 1.82) is 0 Å². The van der Waals surface area contributed by atoms with Gasteiger partial charge < -0.3 is 10.4 Å². The first-order chi connectivity index (χ1) is 15.2. The van der Waals surface area contributed by atoms with Crippen molar-refractivity contribution in [2.45, 2.75) is 26.4 Å². The summed E-state index contributed by atoms with van der Waals surface area (Å²) in [5.74, 6) is 1.80. The predicted octanol–water partition coefficient (Wildman–Crippen LogP) is 3.80. The lowest BCUT2D eigenvalue weighted by atomic mass is 10.0. The number of aliphatic hydroxyl groups is 1. The molecule has 0 bridgehead atoms. The molecule has 166 valence electrons. The highest BCUT2D eigenvalue weighted by molar-refractivity contribution is 5.94. The summed E-state index contributed by atoms with van der Waals surface area (Å²) < 4.78 is 41.7. The zero-order valence-corrected chi connectivity index (χ0v) is 17.6. The maximum atomic E-state index is 13.4. The number of alkyl halides is 3. The normalized spacial score (nSPS) is 11.3. The molecule has 8 heteroatoms. The summed E-state index contributed by atoms with van der Waals surface area (Å²) in [5, 5.41) is 15.8. The monoisotopic (exact) mass is 441 g/mol. The van der Waals surface area contributed by atoms with Crippen molar-refractivity contribution in [3.8, 4) is 18.0 Å². The summed E-state index contributed by atoms with van der Waals surface area (Å²) in [6.45, 7) is 3.64. The van der Waals surface area contributed by atoms with Crippen molar-refractivity contribution in [1.82, 2.24) is 15.1 Å². The molecule has 0 saturated heterocycles. The number of hydrogen-bond acceptors (Lipinski definition) is 3. The van der Waals surface area contributed by atoms with E-state index < -0.39 is 11.7 Å². The number of carbonyl (C=O) groups is 1. The quantitative estimate of drug-likeness (QED) is 0.572. The van der Waals surface area contributed by atoms with Gasteiger partial charge in [-0.05, 0) is 49.7 Å². The summed E-state index contributed by atoms with van der Waals surface area (Å²) in [7, 11) is 0. The second kappa shape index (κ2) is 9.28. The van der Waals surface area contributed by atoms with E-state index in [-0.39, 0.29) is 30.3 Å². The van der Waals surface area contributed by atoms with E-state index in [1.165, 1.54) is 16.8 Å². The third-order valence-corrected chi connectivity index (χ3v) is 5.14. The number of terminal acetylenes is 1. The Morgan fingerprint density at radius 1 is 1.19 bits per heavy atom. The molecule has 1 amide bonds. The zero-order chi connectivity index (χ0) is 23.5. The van der Waals surface area contributed by atoms with E-state index in [0.29, 0.717) is 23.4 Å². The molecule has 0 radical (unpaired) electrons. The highest BCUT2D eigenvalue weighted by Crippen LogP contribution is 2.33. The van der Waals surface area contributed by atoms with Gasteiger partial charge in [-0.25, -0.2) is 4.68 Å². The highest BCUT2D eigenvalue weighted by Gasteiger charge is 2.33. The van der Waals surface area contributed by atoms with Crippen LogP contribution in [0.3, 0.4) is 0 Å². The number of rotatable bonds is 6. The minimum Gasteiger partial charge on any atom is -0.395 e. The number of nitrogens with zero attached hydrogens (tertiary/aromatic N) is 2. The van der Waals surface area contributed by atoms with Crippen LogP contribution in [0.2, 0.25) is 0 Å². The summed E-state index contributed by atoms with van der Waals surface area (Å²) in [6.07, 6.45) is 1.16. The Labute approximate surface area is 183 Å². The van der Waals surface area contributed by atoms with Gasteiger partial charge in [0.05, 0.1) is 23.6 Å². The molecule has 0 saturated carbocycles. The number of aryl methyl sites for hydroxylation is 1. The average Bonchev–Trinajstić information content (AvgIpc) is 3.05. The second-order valence-corrected chi connectivity index (χ2v) is 7.29. The lowest BCUT2D eigenvalue weighted by Gasteiger charge is -2.12. The Kier molecular flexibility index (Phi) is 6.70. The van der Waals surface area contributed by atoms with Gasteiger partial charge in [0.25, 0.3) is 5.91 Å². The molecule has 2 aromatic carbocycles. The topological polar surface area (TPSA) is 67.2 Å². The third kappa shape index (κ3) is 4.84. The molecule has 32 heavy (non-hydrogen) atoms. The smallest absolute Gasteiger partial charge is 0.395 e. The molecule has 0 unspecified atom stereocenters. The fraction of sp³-hybridized carbons (Fsp3) is 0.250. The van der Waals surface area contributed by atoms with Crippen LogP contribution in [-0.4, -0.2) is 33.9 Å². The lowest BCUT2D eigenvalue weighted by Crippen LogP contribution is -2.26. The van der Waals surface area contributed by atoms with Crippen molar-refractivity contribution >= 4 is 5.91 Å². The van der Waals surface area contributed by atoms with Crippen LogP contribution in [0.15, 0.2) is 42.5 Å². The number of amides is 1. The number of hydrogen-bond donors (Lipinski definition) is 2. The molecule has 0 aliphatic heterocycles. The van der Waals surface area contributed by atoms with Crippen molar-refractivity contribution < 1.29 is 23.1 Å². The Morgan fingerprint density at radius 3 is 2.47 bits per heavy atom. The number of aromatic nitrogens is 2. The van der Waals surface area contributed by atoms with E-state index in [2.05, 4.69) is 16.3 Å². The van der Waals surface area contributed by atoms with Crippen LogP contribution >= 0.6 is 0 Å². The first-order valence-electron chi connectivity index (χ1n) is 9.87. The maximum Gasteiger partial charge on any atom is 0.417 e. The van der Waals surface area contributed by atoms with Gasteiger partial charge in [-0.1, -0.05) is 18.1 Å². The van der Waals surface area contributed by atoms with E-state index in [1.807, 2.05) is 12.1 Å². The minimum atomic E-state index is -4.57. The van der Waals surface area contributed by atoms with Crippen LogP contribution in [0, 0.1) is 26.2 Å². The van der Waals surface area contributed by atoms with Gasteiger partial charge in [-0.3, -0.25) is 4.79 Å². The third-order valence-electron chi connectivity index (χ3n) is 5.14. The molecular formula is C24H22F3N3O2. The Morgan fingerprint density at radius 2 is 1.88 bits per heavy atom. The molecule has 5 nitrogen and oxygen atoms in total. The molecule has 0 spiro atoms. The van der Waals surface area contributed by atoms with Gasteiger partial charge in [-0.2, -0.15) is 18.3 Å². The largest absolute Gasteiger partial charge is 0.417 e. The van der Waals surface area contributed by atoms with E-state index in [0.717, 1.165) is 17.2 Å². The molecule has 0 aliphatic rings. The SMILES string of the molecule is C#Cc1ccc(-n2nc(C)c(Cc3ccc(C(=O)NCCO)cc3)c2C)cc1C(F)(F)F. The standard InChI is InChI=1S/C24H22F3N3O2/c1-4-18-9-10-20(14-22(18)24(25,26)27)30-16(3)21(15(2)29-30)13-17-5-7-19(8-6-17)23(32)28-11-12-31/h1,5-10,14,31H,11-13H2,2-3H3,(H,28,32). The lowest BCUT2D eigenvalue weighted by molar-refractivity contribution is -0.137. The van der Waals surface area contributed by atoms with Gasteiger partial charge >= 0.3 is 6.18 Å². The fourth-order valence-corrected chi connectivity index (χ4v) is 3.46. The molecular weight excluding hydrogens is 419 g/mol. The van der Waals surface area contributed by atoms with Crippen LogP contribution in [0.1, 0.15) is 44.0 Å². The van der Waals surface area contributed by atoms with Gasteiger partial charge in [0.15, 0.2) is 0 Å². The van der Waals surface area contributed by atoms with E-state index in [4.69, 9.17) is 11.5 Å². The minimum absolute atomic E-state index is 0.137. The molecule has 2 N–H and O–H groups in total. The Hall–Kier alpha value is -3.57. The van der Waals surface area contributed by atoms with Crippen LogP contribution in [0.25, 0.3) is 5.69 Å². The number of nitrogens with one attached hydrogen (secondary N) is 1. The van der Waals surface area contributed by atoms with Crippen molar-refractivity contribution in [2.75, 3.05) is 13.2 Å². The first-order valence-corrected chi connectivity index (χ1v) is 9.87. The summed E-state index contributed by atoms with van der Waals surface area (Å²) in [4.78, 5) is 12.0. The van der Waals surface area contributed by atoms with Crippen LogP contribution in [-0.2, 0) is 12.6 Å². The van der Waals surface area contributed by atoms with Crippen molar-refractivity contribution in [3.63, 3.8) is 0 Å². The number of benzene rings is 2. The van der Waals surface area contributed by atoms with Crippen LogP contribution < -0.4 is 5.32 Å². The summed E-state index contributed by atoms with van der Waals surface area (Å²) in [5.41, 5.74) is 2.88. The Balaban J connectivity index is 1.89. The summed E-state index contributed by atoms with van der Waals surface area (Å²) in [6, 6.07) is 10.8. The number of aliphatic hydroxyl groups excluding tert-OH is 1. The number of halogens is 3. The first kappa shape index (κ1) is 23.1. The second-order valence-electron chi connectivity index (χ2n) is 7.29. The fourth-order valence-electron chi connectivity index (χ4n) is 3.46. The average molecular weight is 441 g/mol. The molecule has 1 aromatic heterocycles. The van der Waals surface area contributed by atoms with Gasteiger partial charge in [-0.15, -0.1) is 6.42 Å². The van der Waals surface area contributed by atoms with Crippen molar-refractivity contribution in [2.24, 2.45) is 0 Å². The van der Waals surface area contributed by atoms with Gasteiger partial charge in [0.1, 0.15) is 0 Å². The number of carbonyl (C=O) groups excluding carboxylic acids is 1. The molecule has 0 aliphatic carbocycles. The molecule has 1 heterocycles. The summed E-state index contributed by atoms with van der Waals surface area (Å²) >= 11 is 0. The molecule has 3 aromatic rings. The predicted molar refractivity (Wildman–Crippen MR) is 115 cm³/mol. The molecule has 0 atom stereocenters. The van der Waals surface area contributed by atoms with E-state index in [9.17, 15) is 18.0 Å². The van der Waals surface area contributed by atoms with Crippen molar-refractivity contribution in [3.05, 3.63) is 81.7 Å².